The fourth-order valence-electron chi connectivity index (χ4n) is 2.63. The lowest BCUT2D eigenvalue weighted by molar-refractivity contribution is 0.140. The van der Waals surface area contributed by atoms with Gasteiger partial charge in [-0.05, 0) is 37.6 Å². The molecule has 2 aliphatic rings. The van der Waals surface area contributed by atoms with Crippen molar-refractivity contribution >= 4 is 0 Å². The molecule has 1 aromatic rings. The van der Waals surface area contributed by atoms with E-state index in [4.69, 9.17) is 9.47 Å². The molecule has 2 unspecified atom stereocenters. The fourth-order valence-corrected chi connectivity index (χ4v) is 2.63. The van der Waals surface area contributed by atoms with E-state index in [9.17, 15) is 4.39 Å². The van der Waals surface area contributed by atoms with Crippen LogP contribution in [0.15, 0.2) is 18.2 Å². The predicted molar refractivity (Wildman–Crippen MR) is 66.2 cm³/mol. The first-order valence-corrected chi connectivity index (χ1v) is 6.60. The summed E-state index contributed by atoms with van der Waals surface area (Å²) in [6, 6.07) is 5.01. The maximum absolute atomic E-state index is 13.4. The minimum Gasteiger partial charge on any atom is -0.488 e. The van der Waals surface area contributed by atoms with Crippen molar-refractivity contribution in [3.8, 4) is 5.75 Å². The highest BCUT2D eigenvalue weighted by Crippen LogP contribution is 2.32. The maximum atomic E-state index is 13.4. The number of nitrogens with one attached hydrogen (secondary N) is 1. The first-order valence-electron chi connectivity index (χ1n) is 6.60. The van der Waals surface area contributed by atoms with Gasteiger partial charge in [-0.3, -0.25) is 0 Å². The Morgan fingerprint density at radius 1 is 1.33 bits per heavy atom. The Morgan fingerprint density at radius 2 is 2.28 bits per heavy atom. The third kappa shape index (κ3) is 2.49. The minimum atomic E-state index is -0.200. The second kappa shape index (κ2) is 5.24. The molecule has 0 bridgehead atoms. The monoisotopic (exact) mass is 251 g/mol. The highest BCUT2D eigenvalue weighted by Gasteiger charge is 2.23. The SMILES string of the molecule is Fc1ccc(OC2CCOC2)c(C2CCCN2)c1. The van der Waals surface area contributed by atoms with Gasteiger partial charge >= 0.3 is 0 Å². The lowest BCUT2D eigenvalue weighted by Crippen LogP contribution is -2.19. The van der Waals surface area contributed by atoms with Crippen molar-refractivity contribution in [2.75, 3.05) is 19.8 Å². The molecule has 2 fully saturated rings. The van der Waals surface area contributed by atoms with Gasteiger partial charge in [0.15, 0.2) is 0 Å². The molecule has 0 radical (unpaired) electrons. The standard InChI is InChI=1S/C14H18FNO2/c15-10-3-4-14(18-11-5-7-17-9-11)12(8-10)13-2-1-6-16-13/h3-4,8,11,13,16H,1-2,5-7,9H2. The van der Waals surface area contributed by atoms with Crippen molar-refractivity contribution in [2.24, 2.45) is 0 Å². The molecule has 18 heavy (non-hydrogen) atoms. The second-order valence-corrected chi connectivity index (χ2v) is 4.93. The zero-order chi connectivity index (χ0) is 12.4. The topological polar surface area (TPSA) is 30.5 Å². The van der Waals surface area contributed by atoms with E-state index < -0.39 is 0 Å². The van der Waals surface area contributed by atoms with E-state index >= 15 is 0 Å². The van der Waals surface area contributed by atoms with Gasteiger partial charge in [-0.15, -0.1) is 0 Å². The average Bonchev–Trinajstić information content (AvgIpc) is 3.04. The molecule has 2 heterocycles. The van der Waals surface area contributed by atoms with Crippen LogP contribution in [-0.2, 0) is 4.74 Å². The quantitative estimate of drug-likeness (QED) is 0.895. The number of rotatable bonds is 3. The molecule has 1 N–H and O–H groups in total. The Kier molecular flexibility index (Phi) is 3.48. The van der Waals surface area contributed by atoms with Gasteiger partial charge in [-0.25, -0.2) is 4.39 Å². The number of ether oxygens (including phenoxy) is 2. The molecule has 0 aromatic heterocycles. The van der Waals surface area contributed by atoms with E-state index in [1.807, 2.05) is 0 Å². The molecule has 2 saturated heterocycles. The number of halogens is 1. The fraction of sp³-hybridized carbons (Fsp3) is 0.571. The van der Waals surface area contributed by atoms with Crippen molar-refractivity contribution in [2.45, 2.75) is 31.4 Å². The Bertz CT molecular complexity index is 412. The van der Waals surface area contributed by atoms with Gasteiger partial charge in [0.25, 0.3) is 0 Å². The van der Waals surface area contributed by atoms with Crippen molar-refractivity contribution in [1.82, 2.24) is 5.32 Å². The van der Waals surface area contributed by atoms with Gasteiger partial charge in [-0.1, -0.05) is 0 Å². The Labute approximate surface area is 106 Å². The summed E-state index contributed by atoms with van der Waals surface area (Å²) in [5, 5.41) is 3.39. The summed E-state index contributed by atoms with van der Waals surface area (Å²) >= 11 is 0. The van der Waals surface area contributed by atoms with E-state index in [-0.39, 0.29) is 18.0 Å². The zero-order valence-corrected chi connectivity index (χ0v) is 10.3. The third-order valence-corrected chi connectivity index (χ3v) is 3.59. The Hall–Kier alpha value is -1.13. The molecule has 0 amide bonds. The molecule has 98 valence electrons. The van der Waals surface area contributed by atoms with Crippen LogP contribution >= 0.6 is 0 Å². The normalized spacial score (nSPS) is 27.6. The van der Waals surface area contributed by atoms with Crippen molar-refractivity contribution in [3.05, 3.63) is 29.6 Å². The summed E-state index contributed by atoms with van der Waals surface area (Å²) in [6.07, 6.45) is 3.19. The smallest absolute Gasteiger partial charge is 0.124 e. The van der Waals surface area contributed by atoms with Crippen LogP contribution in [-0.4, -0.2) is 25.9 Å². The van der Waals surface area contributed by atoms with Crippen molar-refractivity contribution in [3.63, 3.8) is 0 Å². The van der Waals surface area contributed by atoms with Gasteiger partial charge < -0.3 is 14.8 Å². The molecular weight excluding hydrogens is 233 g/mol. The van der Waals surface area contributed by atoms with Gasteiger partial charge in [-0.2, -0.15) is 0 Å². The first-order chi connectivity index (χ1) is 8.83. The largest absolute Gasteiger partial charge is 0.488 e. The number of hydrogen-bond donors (Lipinski definition) is 1. The lowest BCUT2D eigenvalue weighted by atomic mass is 10.0. The minimum absolute atomic E-state index is 0.107. The molecule has 4 heteroatoms. The first kappa shape index (κ1) is 11.9. The molecule has 0 saturated carbocycles. The lowest BCUT2D eigenvalue weighted by Gasteiger charge is -2.19. The van der Waals surface area contributed by atoms with Crippen LogP contribution in [0.5, 0.6) is 5.75 Å². The van der Waals surface area contributed by atoms with E-state index in [0.29, 0.717) is 6.61 Å². The summed E-state index contributed by atoms with van der Waals surface area (Å²) in [5.74, 6) is 0.597. The Balaban J connectivity index is 1.82. The molecule has 2 aliphatic heterocycles. The molecular formula is C14H18FNO2. The highest BCUT2D eigenvalue weighted by molar-refractivity contribution is 5.37. The molecule has 0 spiro atoms. The van der Waals surface area contributed by atoms with Crippen LogP contribution in [0.25, 0.3) is 0 Å². The predicted octanol–water partition coefficient (Wildman–Crippen LogP) is 2.42. The molecule has 0 aliphatic carbocycles. The summed E-state index contributed by atoms with van der Waals surface area (Å²) < 4.78 is 24.7. The van der Waals surface area contributed by atoms with Crippen LogP contribution in [0.4, 0.5) is 4.39 Å². The summed E-state index contributed by atoms with van der Waals surface area (Å²) in [7, 11) is 0. The summed E-state index contributed by atoms with van der Waals surface area (Å²) in [5.41, 5.74) is 0.944. The van der Waals surface area contributed by atoms with Crippen LogP contribution in [0.1, 0.15) is 30.9 Å². The number of hydrogen-bond acceptors (Lipinski definition) is 3. The van der Waals surface area contributed by atoms with E-state index in [0.717, 1.165) is 43.7 Å². The van der Waals surface area contributed by atoms with Crippen molar-refractivity contribution in [1.29, 1.82) is 0 Å². The van der Waals surface area contributed by atoms with Gasteiger partial charge in [0.2, 0.25) is 0 Å². The summed E-state index contributed by atoms with van der Waals surface area (Å²) in [6.45, 7) is 2.38. The van der Waals surface area contributed by atoms with Gasteiger partial charge in [0, 0.05) is 18.0 Å². The molecule has 1 aromatic carbocycles. The Morgan fingerprint density at radius 3 is 3.00 bits per heavy atom. The third-order valence-electron chi connectivity index (χ3n) is 3.59. The van der Waals surface area contributed by atoms with Crippen LogP contribution in [0.3, 0.4) is 0 Å². The average molecular weight is 251 g/mol. The van der Waals surface area contributed by atoms with E-state index in [1.165, 1.54) is 6.07 Å². The second-order valence-electron chi connectivity index (χ2n) is 4.93. The van der Waals surface area contributed by atoms with Crippen LogP contribution in [0.2, 0.25) is 0 Å². The zero-order valence-electron chi connectivity index (χ0n) is 10.3. The van der Waals surface area contributed by atoms with Gasteiger partial charge in [0.05, 0.1) is 13.2 Å². The van der Waals surface area contributed by atoms with E-state index in [1.54, 1.807) is 12.1 Å². The maximum Gasteiger partial charge on any atom is 0.124 e. The summed E-state index contributed by atoms with van der Waals surface area (Å²) in [4.78, 5) is 0. The number of benzene rings is 1. The van der Waals surface area contributed by atoms with Crippen molar-refractivity contribution < 1.29 is 13.9 Å². The van der Waals surface area contributed by atoms with Crippen LogP contribution < -0.4 is 10.1 Å². The van der Waals surface area contributed by atoms with Crippen LogP contribution in [0, 0.1) is 5.82 Å². The van der Waals surface area contributed by atoms with Gasteiger partial charge in [0.1, 0.15) is 17.7 Å². The molecule has 2 atom stereocenters. The highest BCUT2D eigenvalue weighted by atomic mass is 19.1. The van der Waals surface area contributed by atoms with E-state index in [2.05, 4.69) is 5.32 Å². The molecule has 3 nitrogen and oxygen atoms in total. The molecule has 3 rings (SSSR count).